The van der Waals surface area contributed by atoms with Crippen LogP contribution in [0.5, 0.6) is 23.0 Å². The Bertz CT molecular complexity index is 836. The average Bonchev–Trinajstić information content (AvgIpc) is 3.21. The van der Waals surface area contributed by atoms with Gasteiger partial charge in [-0.05, 0) is 42.4 Å². The van der Waals surface area contributed by atoms with Crippen LogP contribution in [0.4, 0.5) is 0 Å². The molecular weight excluding hydrogens is 318 g/mol. The second-order valence-electron chi connectivity index (χ2n) is 7.16. The van der Waals surface area contributed by atoms with Crippen molar-refractivity contribution in [3.05, 3.63) is 47.5 Å². The molecule has 2 atom stereocenters. The molecule has 0 unspecified atom stereocenters. The summed E-state index contributed by atoms with van der Waals surface area (Å²) in [6, 6.07) is 12.2. The SMILES string of the molecule is COc1ccc2c(c1)[C@@]1(COc3ccc4c(c3)OCO4)CN(C)C[C@@H]21. The minimum absolute atomic E-state index is 0.0367. The Morgan fingerprint density at radius 1 is 1.12 bits per heavy atom. The predicted molar refractivity (Wildman–Crippen MR) is 93.0 cm³/mol. The predicted octanol–water partition coefficient (Wildman–Crippen LogP) is 2.78. The van der Waals surface area contributed by atoms with E-state index in [2.05, 4.69) is 30.1 Å². The first kappa shape index (κ1) is 14.9. The van der Waals surface area contributed by atoms with Crippen LogP contribution in [-0.4, -0.2) is 45.5 Å². The maximum Gasteiger partial charge on any atom is 0.231 e. The van der Waals surface area contributed by atoms with Crippen molar-refractivity contribution in [2.24, 2.45) is 0 Å². The second kappa shape index (κ2) is 5.30. The molecule has 0 radical (unpaired) electrons. The van der Waals surface area contributed by atoms with Crippen molar-refractivity contribution in [1.29, 1.82) is 0 Å². The van der Waals surface area contributed by atoms with Gasteiger partial charge in [0.05, 0.1) is 19.1 Å². The van der Waals surface area contributed by atoms with Gasteiger partial charge in [0.1, 0.15) is 11.5 Å². The molecule has 5 heteroatoms. The summed E-state index contributed by atoms with van der Waals surface area (Å²) in [6.07, 6.45) is 0. The van der Waals surface area contributed by atoms with E-state index in [0.717, 1.165) is 36.1 Å². The zero-order valence-electron chi connectivity index (χ0n) is 14.5. The molecule has 2 heterocycles. The standard InChI is InChI=1S/C20H21NO4/c1-21-9-17-15-5-3-13(22-2)7-16(15)20(17,10-21)11-23-14-4-6-18-19(8-14)25-12-24-18/h3-8,17H,9-12H2,1-2H3/t17-,20-/m0/s1. The van der Waals surface area contributed by atoms with Gasteiger partial charge in [-0.25, -0.2) is 0 Å². The van der Waals surface area contributed by atoms with E-state index >= 15 is 0 Å². The van der Waals surface area contributed by atoms with Crippen LogP contribution in [0.2, 0.25) is 0 Å². The summed E-state index contributed by atoms with van der Waals surface area (Å²) in [5.74, 6) is 3.79. The van der Waals surface area contributed by atoms with Crippen molar-refractivity contribution in [3.63, 3.8) is 0 Å². The Labute approximate surface area is 147 Å². The third kappa shape index (κ3) is 2.12. The quantitative estimate of drug-likeness (QED) is 0.857. The fourth-order valence-electron chi connectivity index (χ4n) is 4.53. The summed E-state index contributed by atoms with van der Waals surface area (Å²) in [5, 5.41) is 0. The largest absolute Gasteiger partial charge is 0.497 e. The summed E-state index contributed by atoms with van der Waals surface area (Å²) in [7, 11) is 3.90. The molecule has 2 aromatic carbocycles. The smallest absolute Gasteiger partial charge is 0.231 e. The van der Waals surface area contributed by atoms with E-state index in [0.29, 0.717) is 12.5 Å². The highest BCUT2D eigenvalue weighted by molar-refractivity contribution is 5.56. The van der Waals surface area contributed by atoms with Crippen LogP contribution in [0, 0.1) is 0 Å². The van der Waals surface area contributed by atoms with Gasteiger partial charge in [0.2, 0.25) is 6.79 Å². The molecular formula is C20H21NO4. The minimum Gasteiger partial charge on any atom is -0.497 e. The highest BCUT2D eigenvalue weighted by Gasteiger charge is 2.57. The molecule has 0 amide bonds. The molecule has 1 aliphatic carbocycles. The minimum atomic E-state index is 0.0367. The number of rotatable bonds is 4. The molecule has 0 aromatic heterocycles. The van der Waals surface area contributed by atoms with Gasteiger partial charge in [-0.2, -0.15) is 0 Å². The van der Waals surface area contributed by atoms with Crippen molar-refractivity contribution < 1.29 is 18.9 Å². The monoisotopic (exact) mass is 339 g/mol. The number of ether oxygens (including phenoxy) is 4. The summed E-state index contributed by atoms with van der Waals surface area (Å²) >= 11 is 0. The van der Waals surface area contributed by atoms with Crippen LogP contribution in [0.3, 0.4) is 0 Å². The molecule has 1 saturated heterocycles. The van der Waals surface area contributed by atoms with E-state index in [1.807, 2.05) is 18.2 Å². The van der Waals surface area contributed by atoms with E-state index < -0.39 is 0 Å². The molecule has 5 rings (SSSR count). The highest BCUT2D eigenvalue weighted by Crippen LogP contribution is 2.56. The van der Waals surface area contributed by atoms with Gasteiger partial charge in [-0.3, -0.25) is 0 Å². The van der Waals surface area contributed by atoms with Crippen LogP contribution in [0.25, 0.3) is 0 Å². The van der Waals surface area contributed by atoms with Crippen molar-refractivity contribution in [2.45, 2.75) is 11.3 Å². The van der Waals surface area contributed by atoms with Crippen LogP contribution < -0.4 is 18.9 Å². The Morgan fingerprint density at radius 2 is 1.96 bits per heavy atom. The molecule has 25 heavy (non-hydrogen) atoms. The highest BCUT2D eigenvalue weighted by atomic mass is 16.7. The number of likely N-dealkylation sites (tertiary alicyclic amines) is 1. The molecule has 0 saturated carbocycles. The lowest BCUT2D eigenvalue weighted by atomic mass is 9.58. The van der Waals surface area contributed by atoms with Gasteiger partial charge in [-0.15, -0.1) is 0 Å². The molecule has 3 aliphatic rings. The number of hydrogen-bond acceptors (Lipinski definition) is 5. The Balaban J connectivity index is 1.43. The molecule has 1 fully saturated rings. The molecule has 5 nitrogen and oxygen atoms in total. The van der Waals surface area contributed by atoms with Crippen LogP contribution in [-0.2, 0) is 5.41 Å². The van der Waals surface area contributed by atoms with Crippen LogP contribution in [0.15, 0.2) is 36.4 Å². The number of likely N-dealkylation sites (N-methyl/N-ethyl adjacent to an activating group) is 1. The molecule has 0 N–H and O–H groups in total. The first-order valence-corrected chi connectivity index (χ1v) is 8.59. The van der Waals surface area contributed by atoms with Crippen LogP contribution in [0.1, 0.15) is 17.0 Å². The van der Waals surface area contributed by atoms with E-state index in [1.165, 1.54) is 11.1 Å². The first-order valence-electron chi connectivity index (χ1n) is 8.59. The lowest BCUT2D eigenvalue weighted by molar-refractivity contribution is 0.172. The maximum absolute atomic E-state index is 6.22. The number of hydrogen-bond donors (Lipinski definition) is 0. The third-order valence-electron chi connectivity index (χ3n) is 5.73. The number of fused-ring (bicyclic) bond motifs is 5. The zero-order chi connectivity index (χ0) is 17.0. The van der Waals surface area contributed by atoms with Crippen molar-refractivity contribution in [2.75, 3.05) is 40.6 Å². The molecule has 0 bridgehead atoms. The fraction of sp³-hybridized carbons (Fsp3) is 0.400. The summed E-state index contributed by atoms with van der Waals surface area (Å²) in [4.78, 5) is 2.39. The fourth-order valence-corrected chi connectivity index (χ4v) is 4.53. The zero-order valence-corrected chi connectivity index (χ0v) is 14.5. The average molecular weight is 339 g/mol. The van der Waals surface area contributed by atoms with Crippen molar-refractivity contribution in [3.8, 4) is 23.0 Å². The molecule has 2 aromatic rings. The topological polar surface area (TPSA) is 40.2 Å². The van der Waals surface area contributed by atoms with Gasteiger partial charge in [0, 0.05) is 25.1 Å². The summed E-state index contributed by atoms with van der Waals surface area (Å²) < 4.78 is 22.5. The van der Waals surface area contributed by atoms with Crippen molar-refractivity contribution in [1.82, 2.24) is 4.90 Å². The molecule has 2 aliphatic heterocycles. The van der Waals surface area contributed by atoms with Gasteiger partial charge < -0.3 is 23.8 Å². The van der Waals surface area contributed by atoms with E-state index in [9.17, 15) is 0 Å². The van der Waals surface area contributed by atoms with Gasteiger partial charge >= 0.3 is 0 Å². The Kier molecular flexibility index (Phi) is 3.16. The second-order valence-corrected chi connectivity index (χ2v) is 7.16. The van der Waals surface area contributed by atoms with Crippen molar-refractivity contribution >= 4 is 0 Å². The van der Waals surface area contributed by atoms with E-state index in [-0.39, 0.29) is 12.2 Å². The number of methoxy groups -OCH3 is 1. The lowest BCUT2D eigenvalue weighted by Crippen LogP contribution is -2.48. The number of nitrogens with zero attached hydrogens (tertiary/aromatic N) is 1. The molecule has 0 spiro atoms. The van der Waals surface area contributed by atoms with Gasteiger partial charge in [-0.1, -0.05) is 6.07 Å². The first-order chi connectivity index (χ1) is 12.2. The maximum atomic E-state index is 6.22. The summed E-state index contributed by atoms with van der Waals surface area (Å²) in [5.41, 5.74) is 2.83. The number of benzene rings is 2. The summed E-state index contributed by atoms with van der Waals surface area (Å²) in [6.45, 7) is 3.01. The van der Waals surface area contributed by atoms with E-state index in [4.69, 9.17) is 18.9 Å². The van der Waals surface area contributed by atoms with Crippen LogP contribution >= 0.6 is 0 Å². The Morgan fingerprint density at radius 3 is 2.84 bits per heavy atom. The normalized spacial score (nSPS) is 25.9. The third-order valence-corrected chi connectivity index (χ3v) is 5.73. The van der Waals surface area contributed by atoms with E-state index in [1.54, 1.807) is 7.11 Å². The Hall–Kier alpha value is -2.40. The van der Waals surface area contributed by atoms with Gasteiger partial charge in [0.15, 0.2) is 11.5 Å². The van der Waals surface area contributed by atoms with Gasteiger partial charge in [0.25, 0.3) is 0 Å². The lowest BCUT2D eigenvalue weighted by Gasteiger charge is -2.46. The molecule has 130 valence electrons.